The third-order valence-electron chi connectivity index (χ3n) is 5.42. The monoisotopic (exact) mass is 422 g/mol. The maximum absolute atomic E-state index is 11.4. The van der Waals surface area contributed by atoms with E-state index >= 15 is 0 Å². The lowest BCUT2D eigenvalue weighted by molar-refractivity contribution is -0.143. The highest BCUT2D eigenvalue weighted by Crippen LogP contribution is 2.42. The van der Waals surface area contributed by atoms with Crippen LogP contribution >= 0.6 is 11.8 Å². The van der Waals surface area contributed by atoms with E-state index in [1.54, 1.807) is 12.4 Å². The average Bonchev–Trinajstić information content (AvgIpc) is 2.71. The number of thioether (sulfide) groups is 1. The Balaban J connectivity index is 1.62. The molecule has 0 bridgehead atoms. The molecule has 0 fully saturated rings. The Hall–Kier alpha value is -2.32. The number of hydrogen-bond donors (Lipinski definition) is 0. The summed E-state index contributed by atoms with van der Waals surface area (Å²) in [7, 11) is 0. The Morgan fingerprint density at radius 2 is 1.97 bits per heavy atom. The van der Waals surface area contributed by atoms with Gasteiger partial charge in [0, 0.05) is 35.7 Å². The number of carbonyl (C=O) groups is 1. The molecular formula is C25H30N2O2S. The Labute approximate surface area is 184 Å². The van der Waals surface area contributed by atoms with Crippen LogP contribution in [0.25, 0.3) is 0 Å². The largest absolute Gasteiger partial charge is 0.466 e. The first kappa shape index (κ1) is 22.4. The molecule has 0 radical (unpaired) electrons. The fourth-order valence-electron chi connectivity index (χ4n) is 3.49. The van der Waals surface area contributed by atoms with Gasteiger partial charge in [-0.05, 0) is 67.5 Å². The van der Waals surface area contributed by atoms with E-state index in [0.29, 0.717) is 13.0 Å². The maximum atomic E-state index is 11.4. The van der Waals surface area contributed by atoms with Crippen LogP contribution in [0.1, 0.15) is 74.5 Å². The normalized spacial score (nSPS) is 14.4. The summed E-state index contributed by atoms with van der Waals surface area (Å²) in [6, 6.07) is 4.55. The van der Waals surface area contributed by atoms with Crippen LogP contribution in [0.15, 0.2) is 29.4 Å². The molecule has 5 heteroatoms. The summed E-state index contributed by atoms with van der Waals surface area (Å²) in [5, 5.41) is 0. The summed E-state index contributed by atoms with van der Waals surface area (Å²) < 4.78 is 4.94. The molecule has 158 valence electrons. The molecule has 0 atom stereocenters. The quantitative estimate of drug-likeness (QED) is 0.362. The second-order valence-electron chi connectivity index (χ2n) is 8.30. The molecule has 4 nitrogen and oxygen atoms in total. The molecule has 1 aliphatic rings. The molecule has 0 saturated carbocycles. The molecule has 1 aromatic heterocycles. The van der Waals surface area contributed by atoms with E-state index in [1.165, 1.54) is 28.2 Å². The van der Waals surface area contributed by atoms with E-state index in [-0.39, 0.29) is 11.4 Å². The number of carbonyl (C=O) groups excluding carboxylic acids is 1. The van der Waals surface area contributed by atoms with Crippen molar-refractivity contribution < 1.29 is 9.53 Å². The summed E-state index contributed by atoms with van der Waals surface area (Å²) in [6.45, 7) is 9.02. The molecule has 1 aromatic carbocycles. The lowest BCUT2D eigenvalue weighted by Crippen LogP contribution is -2.23. The van der Waals surface area contributed by atoms with Gasteiger partial charge in [0.15, 0.2) is 0 Å². The van der Waals surface area contributed by atoms with Crippen molar-refractivity contribution in [2.45, 2.75) is 70.1 Å². The molecule has 2 heterocycles. The predicted molar refractivity (Wildman–Crippen MR) is 122 cm³/mol. The van der Waals surface area contributed by atoms with Gasteiger partial charge in [-0.15, -0.1) is 11.8 Å². The number of ether oxygens (including phenoxy) is 1. The molecule has 0 aliphatic carbocycles. The molecule has 0 N–H and O–H groups in total. The van der Waals surface area contributed by atoms with Gasteiger partial charge in [-0.25, -0.2) is 9.97 Å². The van der Waals surface area contributed by atoms with Gasteiger partial charge in [-0.3, -0.25) is 4.79 Å². The van der Waals surface area contributed by atoms with Crippen LogP contribution in [0, 0.1) is 18.8 Å². The molecule has 0 amide bonds. The van der Waals surface area contributed by atoms with Gasteiger partial charge in [0.1, 0.15) is 5.82 Å². The van der Waals surface area contributed by atoms with Crippen LogP contribution < -0.4 is 0 Å². The number of benzene rings is 1. The summed E-state index contributed by atoms with van der Waals surface area (Å²) in [6.07, 6.45) is 7.62. The van der Waals surface area contributed by atoms with E-state index in [9.17, 15) is 4.79 Å². The zero-order valence-electron chi connectivity index (χ0n) is 18.4. The minimum atomic E-state index is -0.136. The van der Waals surface area contributed by atoms with Crippen LogP contribution in [0.3, 0.4) is 0 Å². The van der Waals surface area contributed by atoms with Crippen LogP contribution in [0.5, 0.6) is 0 Å². The van der Waals surface area contributed by atoms with E-state index < -0.39 is 0 Å². The predicted octanol–water partition coefficient (Wildman–Crippen LogP) is 5.23. The fraction of sp³-hybridized carbons (Fsp3) is 0.480. The third-order valence-corrected chi connectivity index (χ3v) is 6.48. The minimum Gasteiger partial charge on any atom is -0.466 e. The molecule has 3 rings (SSSR count). The van der Waals surface area contributed by atoms with Gasteiger partial charge >= 0.3 is 5.97 Å². The SMILES string of the molecule is CCOC(=O)CCCCc1ncc(C#Cc2cc3c(cc2C)SCCC3(C)C)cn1. The van der Waals surface area contributed by atoms with Crippen molar-refractivity contribution in [1.82, 2.24) is 9.97 Å². The second kappa shape index (κ2) is 10.1. The molecule has 2 aromatic rings. The standard InChI is InChI=1S/C25H30N2O2S/c1-5-29-24(28)9-7-6-8-23-26-16-19(17-27-23)10-11-20-15-21-22(14-18(20)2)30-13-12-25(21,3)4/h14-17H,5-9,12-13H2,1-4H3. The molecular weight excluding hydrogens is 392 g/mol. The summed E-state index contributed by atoms with van der Waals surface area (Å²) in [5.41, 5.74) is 4.71. The number of fused-ring (bicyclic) bond motifs is 1. The summed E-state index contributed by atoms with van der Waals surface area (Å²) in [5.74, 6) is 8.37. The van der Waals surface area contributed by atoms with Gasteiger partial charge in [0.05, 0.1) is 12.2 Å². The van der Waals surface area contributed by atoms with Gasteiger partial charge in [0.25, 0.3) is 0 Å². The lowest BCUT2D eigenvalue weighted by Gasteiger charge is -2.32. The van der Waals surface area contributed by atoms with Crippen LogP contribution in [0.4, 0.5) is 0 Å². The van der Waals surface area contributed by atoms with Crippen LogP contribution in [-0.4, -0.2) is 28.3 Å². The number of aromatic nitrogens is 2. The Bertz CT molecular complexity index is 956. The van der Waals surface area contributed by atoms with Crippen molar-refractivity contribution in [3.05, 3.63) is 52.6 Å². The second-order valence-corrected chi connectivity index (χ2v) is 9.43. The Kier molecular flexibility index (Phi) is 7.55. The summed E-state index contributed by atoms with van der Waals surface area (Å²) in [4.78, 5) is 21.6. The van der Waals surface area contributed by atoms with Crippen molar-refractivity contribution in [3.8, 4) is 11.8 Å². The molecule has 0 unspecified atom stereocenters. The zero-order valence-corrected chi connectivity index (χ0v) is 19.2. The van der Waals surface area contributed by atoms with E-state index in [0.717, 1.165) is 36.2 Å². The zero-order chi connectivity index (χ0) is 21.6. The number of hydrogen-bond acceptors (Lipinski definition) is 5. The minimum absolute atomic E-state index is 0.136. The Morgan fingerprint density at radius 1 is 1.20 bits per heavy atom. The van der Waals surface area contributed by atoms with Crippen LogP contribution in [0.2, 0.25) is 0 Å². The topological polar surface area (TPSA) is 52.1 Å². The number of esters is 1. The summed E-state index contributed by atoms with van der Waals surface area (Å²) >= 11 is 1.95. The van der Waals surface area contributed by atoms with Gasteiger partial charge in [0.2, 0.25) is 0 Å². The fourth-order valence-corrected chi connectivity index (χ4v) is 5.07. The highest BCUT2D eigenvalue weighted by molar-refractivity contribution is 7.99. The molecule has 30 heavy (non-hydrogen) atoms. The van der Waals surface area contributed by atoms with Crippen molar-refractivity contribution >= 4 is 17.7 Å². The van der Waals surface area contributed by atoms with Crippen molar-refractivity contribution in [3.63, 3.8) is 0 Å². The first-order chi connectivity index (χ1) is 14.4. The third kappa shape index (κ3) is 5.86. The van der Waals surface area contributed by atoms with Gasteiger partial charge in [-0.1, -0.05) is 25.7 Å². The van der Waals surface area contributed by atoms with Crippen LogP contribution in [-0.2, 0) is 21.4 Å². The van der Waals surface area contributed by atoms with Crippen molar-refractivity contribution in [2.24, 2.45) is 0 Å². The smallest absolute Gasteiger partial charge is 0.305 e. The molecule has 0 spiro atoms. The first-order valence-electron chi connectivity index (χ1n) is 10.7. The first-order valence-corrected chi connectivity index (χ1v) is 11.6. The number of unbranched alkanes of at least 4 members (excludes halogenated alkanes) is 1. The average molecular weight is 423 g/mol. The molecule has 0 saturated heterocycles. The highest BCUT2D eigenvalue weighted by Gasteiger charge is 2.28. The van der Waals surface area contributed by atoms with E-state index in [1.807, 2.05) is 18.7 Å². The maximum Gasteiger partial charge on any atom is 0.305 e. The number of rotatable bonds is 6. The molecule has 1 aliphatic heterocycles. The highest BCUT2D eigenvalue weighted by atomic mass is 32.2. The van der Waals surface area contributed by atoms with Gasteiger partial charge < -0.3 is 4.74 Å². The number of nitrogens with zero attached hydrogens (tertiary/aromatic N) is 2. The van der Waals surface area contributed by atoms with Crippen molar-refractivity contribution in [2.75, 3.05) is 12.4 Å². The van der Waals surface area contributed by atoms with E-state index in [4.69, 9.17) is 4.74 Å². The van der Waals surface area contributed by atoms with Gasteiger partial charge in [-0.2, -0.15) is 0 Å². The lowest BCUT2D eigenvalue weighted by atomic mass is 9.80. The van der Waals surface area contributed by atoms with Crippen molar-refractivity contribution in [1.29, 1.82) is 0 Å². The number of aryl methyl sites for hydroxylation is 2. The van der Waals surface area contributed by atoms with E-state index in [2.05, 4.69) is 54.7 Å². The Morgan fingerprint density at radius 3 is 2.70 bits per heavy atom.